The molecule has 1 aromatic carbocycles. The van der Waals surface area contributed by atoms with E-state index in [-0.39, 0.29) is 30.9 Å². The minimum atomic E-state index is -4.51. The molecule has 3 atom stereocenters. The van der Waals surface area contributed by atoms with E-state index in [9.17, 15) is 22.0 Å². The second kappa shape index (κ2) is 10.9. The lowest BCUT2D eigenvalue weighted by Crippen LogP contribution is -2.24. The Hall–Kier alpha value is -4.23. The van der Waals surface area contributed by atoms with Crippen molar-refractivity contribution in [2.24, 2.45) is 0 Å². The molecule has 1 fully saturated rings. The van der Waals surface area contributed by atoms with E-state index in [1.165, 1.54) is 0 Å². The highest BCUT2D eigenvalue weighted by atomic mass is 32.2. The molecule has 0 unspecified atom stereocenters. The third kappa shape index (κ3) is 5.25. The molecule has 42 heavy (non-hydrogen) atoms. The van der Waals surface area contributed by atoms with Crippen LogP contribution in [-0.4, -0.2) is 67.7 Å². The third-order valence-electron chi connectivity index (χ3n) is 7.42. The van der Waals surface area contributed by atoms with Crippen molar-refractivity contribution in [2.75, 3.05) is 25.7 Å². The van der Waals surface area contributed by atoms with Crippen LogP contribution in [0.3, 0.4) is 0 Å². The monoisotopic (exact) mass is 595 g/mol. The fourth-order valence-electron chi connectivity index (χ4n) is 4.92. The van der Waals surface area contributed by atoms with Gasteiger partial charge in [0.2, 0.25) is 15.3 Å². The van der Waals surface area contributed by atoms with Gasteiger partial charge in [0.25, 0.3) is 5.91 Å². The number of hydrogen-bond donors (Lipinski definition) is 1. The molecule has 0 saturated heterocycles. The quantitative estimate of drug-likeness (QED) is 0.340. The molecule has 0 radical (unpaired) electrons. The summed E-state index contributed by atoms with van der Waals surface area (Å²) in [6.07, 6.45) is 2.34. The van der Waals surface area contributed by atoms with Crippen LogP contribution in [0.15, 0.2) is 59.6 Å². The topological polar surface area (TPSA) is 124 Å². The molecular formula is C29H27F2N5O5S. The number of hydrogen-bond acceptors (Lipinski definition) is 9. The van der Waals surface area contributed by atoms with Gasteiger partial charge in [-0.25, -0.2) is 27.2 Å². The van der Waals surface area contributed by atoms with Crippen molar-refractivity contribution in [3.05, 3.63) is 71.8 Å². The molecule has 1 aliphatic carbocycles. The van der Waals surface area contributed by atoms with Crippen molar-refractivity contribution in [1.29, 1.82) is 0 Å². The molecule has 13 heteroatoms. The summed E-state index contributed by atoms with van der Waals surface area (Å²) in [4.78, 5) is 28.2. The van der Waals surface area contributed by atoms with Gasteiger partial charge in [0.15, 0.2) is 11.6 Å². The summed E-state index contributed by atoms with van der Waals surface area (Å²) in [6.45, 7) is -0.345. The lowest BCUT2D eigenvalue weighted by atomic mass is 10.1. The summed E-state index contributed by atoms with van der Waals surface area (Å²) in [5.74, 6) is -1.59. The van der Waals surface area contributed by atoms with Gasteiger partial charge in [-0.15, -0.1) is 0 Å². The van der Waals surface area contributed by atoms with Gasteiger partial charge in [0.05, 0.1) is 47.9 Å². The number of aromatic nitrogens is 3. The highest BCUT2D eigenvalue weighted by Crippen LogP contribution is 2.36. The van der Waals surface area contributed by atoms with Crippen LogP contribution in [0.4, 0.5) is 14.6 Å². The van der Waals surface area contributed by atoms with Crippen molar-refractivity contribution in [1.82, 2.24) is 20.3 Å². The van der Waals surface area contributed by atoms with Crippen LogP contribution in [0.1, 0.15) is 28.9 Å². The van der Waals surface area contributed by atoms with Gasteiger partial charge < -0.3 is 19.7 Å². The first-order chi connectivity index (χ1) is 20.2. The predicted molar refractivity (Wildman–Crippen MR) is 150 cm³/mol. The number of alkyl halides is 1. The second-order valence-corrected chi connectivity index (χ2v) is 12.2. The maximum Gasteiger partial charge on any atom is 0.251 e. The van der Waals surface area contributed by atoms with Gasteiger partial charge >= 0.3 is 0 Å². The number of halogens is 2. The first kappa shape index (κ1) is 27.9. The smallest absolute Gasteiger partial charge is 0.251 e. The molecular weight excluding hydrogens is 568 g/mol. The minimum Gasteiger partial charge on any atom is -0.489 e. The summed E-state index contributed by atoms with van der Waals surface area (Å²) < 4.78 is 64.4. The van der Waals surface area contributed by atoms with E-state index in [1.807, 2.05) is 37.4 Å². The molecule has 0 spiro atoms. The Morgan fingerprint density at radius 3 is 2.76 bits per heavy atom. The molecule has 218 valence electrons. The highest BCUT2D eigenvalue weighted by Gasteiger charge is 2.41. The number of carbonyl (C=O) groups is 1. The maximum absolute atomic E-state index is 14.7. The molecule has 1 amide bonds. The number of ether oxygens (including phenoxy) is 2. The van der Waals surface area contributed by atoms with Gasteiger partial charge in [0.1, 0.15) is 10.7 Å². The first-order valence-electron chi connectivity index (χ1n) is 13.3. The fraction of sp³-hybridized carbons (Fsp3) is 0.310. The average molecular weight is 596 g/mol. The molecule has 1 N–H and O–H groups in total. The maximum atomic E-state index is 14.7. The van der Waals surface area contributed by atoms with Crippen molar-refractivity contribution in [3.63, 3.8) is 0 Å². The lowest BCUT2D eigenvalue weighted by Gasteiger charge is -2.18. The number of nitrogens with one attached hydrogen (secondary N) is 1. The number of nitrogens with zero attached hydrogens (tertiary/aromatic N) is 4. The molecule has 4 aromatic rings. The molecule has 1 aliphatic heterocycles. The zero-order valence-electron chi connectivity index (χ0n) is 22.8. The Morgan fingerprint density at radius 1 is 1.17 bits per heavy atom. The molecule has 0 bridgehead atoms. The van der Waals surface area contributed by atoms with Crippen LogP contribution in [0.2, 0.25) is 0 Å². The normalized spacial score (nSPS) is 20.7. The Labute approximate surface area is 240 Å². The summed E-state index contributed by atoms with van der Waals surface area (Å²) in [5.41, 5.74) is -0.0862. The van der Waals surface area contributed by atoms with Crippen LogP contribution in [0.25, 0.3) is 22.3 Å². The zero-order chi connectivity index (χ0) is 29.6. The molecule has 2 aliphatic rings. The molecule has 4 heterocycles. The van der Waals surface area contributed by atoms with Gasteiger partial charge in [-0.1, -0.05) is 6.07 Å². The first-order valence-corrected chi connectivity index (χ1v) is 14.8. The molecule has 10 nitrogen and oxygen atoms in total. The van der Waals surface area contributed by atoms with Crippen molar-refractivity contribution in [2.45, 2.75) is 41.9 Å². The zero-order valence-corrected chi connectivity index (χ0v) is 23.6. The number of benzene rings is 1. The van der Waals surface area contributed by atoms with E-state index in [1.54, 1.807) is 19.4 Å². The van der Waals surface area contributed by atoms with Crippen molar-refractivity contribution >= 4 is 32.5 Å². The van der Waals surface area contributed by atoms with E-state index in [2.05, 4.69) is 15.2 Å². The van der Waals surface area contributed by atoms with Crippen LogP contribution in [0.5, 0.6) is 5.75 Å². The summed E-state index contributed by atoms with van der Waals surface area (Å²) >= 11 is 0. The van der Waals surface area contributed by atoms with Crippen LogP contribution < -0.4 is 15.0 Å². The Morgan fingerprint density at radius 2 is 1.98 bits per heavy atom. The van der Waals surface area contributed by atoms with E-state index < -0.39 is 44.1 Å². The number of likely N-dealkylation sites (N-methyl/N-ethyl adjacent to an activating group) is 1. The standard InChI is InChI=1S/C29H27F2N5O5S/c1-36(23-13-24(23)40-2)27-5-3-4-20(35-27)21-7-6-16-14-32-18(12-22(16)34-21)15-33-29(37)17-10-19(30)28-25(11-17)42(38,39)26(31)8-9-41-28/h3-7,10-12,14,23-24,26H,8-9,13,15H2,1-2H3,(H,33,37)/t23-,24-,26+/m0/s1. The highest BCUT2D eigenvalue weighted by molar-refractivity contribution is 7.92. The van der Waals surface area contributed by atoms with Gasteiger partial charge in [-0.05, 0) is 48.9 Å². The summed E-state index contributed by atoms with van der Waals surface area (Å²) in [5, 5.41) is 3.39. The second-order valence-electron chi connectivity index (χ2n) is 10.2. The van der Waals surface area contributed by atoms with E-state index in [4.69, 9.17) is 19.4 Å². The number of anilines is 1. The van der Waals surface area contributed by atoms with Gasteiger partial charge in [0, 0.05) is 37.7 Å². The average Bonchev–Trinajstić information content (AvgIpc) is 3.80. The largest absolute Gasteiger partial charge is 0.489 e. The number of carbonyl (C=O) groups excluding carboxylic acids is 1. The Balaban J connectivity index is 1.20. The number of sulfone groups is 1. The molecule has 3 aromatic heterocycles. The number of fused-ring (bicyclic) bond motifs is 2. The van der Waals surface area contributed by atoms with Crippen molar-refractivity contribution < 1.29 is 31.5 Å². The van der Waals surface area contributed by atoms with Gasteiger partial charge in [-0.3, -0.25) is 9.78 Å². The van der Waals surface area contributed by atoms with Gasteiger partial charge in [-0.2, -0.15) is 0 Å². The summed E-state index contributed by atoms with van der Waals surface area (Å²) in [6, 6.07) is 13.3. The molecule has 6 rings (SSSR count). The van der Waals surface area contributed by atoms with Crippen LogP contribution in [-0.2, 0) is 21.1 Å². The van der Waals surface area contributed by atoms with E-state index in [0.29, 0.717) is 22.6 Å². The third-order valence-corrected chi connectivity index (χ3v) is 9.25. The van der Waals surface area contributed by atoms with Crippen LogP contribution in [0, 0.1) is 5.82 Å². The predicted octanol–water partition coefficient (Wildman–Crippen LogP) is 3.84. The number of rotatable bonds is 7. The number of amides is 1. The fourth-order valence-corrected chi connectivity index (χ4v) is 6.31. The summed E-state index contributed by atoms with van der Waals surface area (Å²) in [7, 11) is -0.823. The minimum absolute atomic E-state index is 0.0467. The van der Waals surface area contributed by atoms with Crippen LogP contribution >= 0.6 is 0 Å². The Bertz CT molecular complexity index is 1800. The molecule has 1 saturated carbocycles. The number of methoxy groups -OCH3 is 1. The van der Waals surface area contributed by atoms with E-state index in [0.717, 1.165) is 29.8 Å². The lowest BCUT2D eigenvalue weighted by molar-refractivity contribution is 0.0949. The van der Waals surface area contributed by atoms with E-state index >= 15 is 0 Å². The van der Waals surface area contributed by atoms with Crippen molar-refractivity contribution in [3.8, 4) is 17.1 Å². The SMILES string of the molecule is CO[C@H]1C[C@@H]1N(C)c1cccc(-c2ccc3cnc(CNC(=O)c4cc(F)c5c(c4)S(=O)(=O)[C@@H](F)CCO5)cc3n2)n1. The Kier molecular flexibility index (Phi) is 7.23. The number of pyridine rings is 3.